The van der Waals surface area contributed by atoms with E-state index in [1.165, 1.54) is 0 Å². The lowest BCUT2D eigenvalue weighted by Gasteiger charge is -2.16. The third-order valence-corrected chi connectivity index (χ3v) is 3.36. The fraction of sp³-hybridized carbons (Fsp3) is 1.00. The van der Waals surface area contributed by atoms with E-state index in [0.717, 1.165) is 12.8 Å². The summed E-state index contributed by atoms with van der Waals surface area (Å²) in [6.45, 7) is 6.38. The first-order chi connectivity index (χ1) is 6.39. The molecule has 0 spiro atoms. The van der Waals surface area contributed by atoms with E-state index in [1.54, 1.807) is 0 Å². The molecule has 0 aliphatic carbocycles. The van der Waals surface area contributed by atoms with Gasteiger partial charge in [-0.1, -0.05) is 20.8 Å². The van der Waals surface area contributed by atoms with E-state index in [-0.39, 0.29) is 17.8 Å². The summed E-state index contributed by atoms with van der Waals surface area (Å²) in [6, 6.07) is 0. The van der Waals surface area contributed by atoms with Gasteiger partial charge in [0.05, 0.1) is 18.5 Å². The van der Waals surface area contributed by atoms with Gasteiger partial charge in [-0.25, -0.2) is 8.42 Å². The standard InChI is InChI=1S/C9H19ClO3S/c1-4-9(5-2)13-6-8(3)7-14(10,11)12/h8-9H,4-7H2,1-3H3. The Balaban J connectivity index is 3.79. The van der Waals surface area contributed by atoms with Crippen LogP contribution < -0.4 is 0 Å². The molecule has 0 bridgehead atoms. The smallest absolute Gasteiger partial charge is 0.232 e. The van der Waals surface area contributed by atoms with Crippen LogP contribution in [-0.2, 0) is 13.8 Å². The van der Waals surface area contributed by atoms with Crippen molar-refractivity contribution in [2.75, 3.05) is 12.4 Å². The molecule has 1 atom stereocenters. The number of halogens is 1. The van der Waals surface area contributed by atoms with Crippen molar-refractivity contribution in [1.29, 1.82) is 0 Å². The molecule has 0 fully saturated rings. The molecular formula is C9H19ClO3S. The Morgan fingerprint density at radius 2 is 1.79 bits per heavy atom. The van der Waals surface area contributed by atoms with Crippen LogP contribution in [0.1, 0.15) is 33.6 Å². The van der Waals surface area contributed by atoms with E-state index >= 15 is 0 Å². The second-order valence-corrected chi connectivity index (χ2v) is 6.40. The number of ether oxygens (including phenoxy) is 1. The Labute approximate surface area is 91.2 Å². The molecule has 3 nitrogen and oxygen atoms in total. The van der Waals surface area contributed by atoms with Crippen LogP contribution in [0.5, 0.6) is 0 Å². The number of hydrogen-bond acceptors (Lipinski definition) is 3. The molecule has 14 heavy (non-hydrogen) atoms. The third-order valence-electron chi connectivity index (χ3n) is 2.01. The molecule has 86 valence electrons. The average molecular weight is 243 g/mol. The van der Waals surface area contributed by atoms with Gasteiger partial charge in [-0.2, -0.15) is 0 Å². The van der Waals surface area contributed by atoms with Gasteiger partial charge in [0.2, 0.25) is 9.05 Å². The molecule has 0 aliphatic heterocycles. The van der Waals surface area contributed by atoms with Gasteiger partial charge < -0.3 is 4.74 Å². The summed E-state index contributed by atoms with van der Waals surface area (Å²) in [6.07, 6.45) is 2.14. The van der Waals surface area contributed by atoms with Crippen molar-refractivity contribution >= 4 is 19.7 Å². The molecule has 0 saturated carbocycles. The second kappa shape index (κ2) is 6.64. The lowest BCUT2D eigenvalue weighted by Crippen LogP contribution is -2.19. The molecule has 0 aromatic rings. The van der Waals surface area contributed by atoms with Crippen LogP contribution in [0, 0.1) is 5.92 Å². The van der Waals surface area contributed by atoms with E-state index in [0.29, 0.717) is 6.61 Å². The van der Waals surface area contributed by atoms with E-state index < -0.39 is 9.05 Å². The first-order valence-electron chi connectivity index (χ1n) is 4.93. The van der Waals surface area contributed by atoms with Crippen LogP contribution in [0.3, 0.4) is 0 Å². The summed E-state index contributed by atoms with van der Waals surface area (Å²) in [4.78, 5) is 0. The zero-order chi connectivity index (χ0) is 11.2. The maximum atomic E-state index is 10.7. The molecule has 0 saturated heterocycles. The summed E-state index contributed by atoms with van der Waals surface area (Å²) >= 11 is 0. The predicted octanol–water partition coefficient (Wildman–Crippen LogP) is 2.40. The normalized spacial score (nSPS) is 14.6. The van der Waals surface area contributed by atoms with Gasteiger partial charge in [-0.3, -0.25) is 0 Å². The fourth-order valence-electron chi connectivity index (χ4n) is 1.21. The van der Waals surface area contributed by atoms with Crippen LogP contribution >= 0.6 is 10.7 Å². The highest BCUT2D eigenvalue weighted by Gasteiger charge is 2.14. The molecule has 5 heteroatoms. The molecule has 0 rings (SSSR count). The van der Waals surface area contributed by atoms with Crippen molar-refractivity contribution in [3.63, 3.8) is 0 Å². The molecule has 0 aliphatic rings. The highest BCUT2D eigenvalue weighted by Crippen LogP contribution is 2.09. The summed E-state index contributed by atoms with van der Waals surface area (Å²) < 4.78 is 27.0. The SMILES string of the molecule is CCC(CC)OCC(C)CS(=O)(=O)Cl. The largest absolute Gasteiger partial charge is 0.378 e. The molecule has 1 unspecified atom stereocenters. The molecule has 0 N–H and O–H groups in total. The summed E-state index contributed by atoms with van der Waals surface area (Å²) in [5.74, 6) is -0.0626. The van der Waals surface area contributed by atoms with E-state index in [1.807, 2.05) is 6.92 Å². The van der Waals surface area contributed by atoms with Crippen molar-refractivity contribution in [1.82, 2.24) is 0 Å². The van der Waals surface area contributed by atoms with Crippen LogP contribution in [0.2, 0.25) is 0 Å². The van der Waals surface area contributed by atoms with Gasteiger partial charge in [-0.05, 0) is 18.8 Å². The van der Waals surface area contributed by atoms with Gasteiger partial charge in [0.1, 0.15) is 0 Å². The zero-order valence-corrected chi connectivity index (χ0v) is 10.6. The Kier molecular flexibility index (Phi) is 6.74. The molecule has 0 aromatic heterocycles. The van der Waals surface area contributed by atoms with E-state index in [9.17, 15) is 8.42 Å². The van der Waals surface area contributed by atoms with Crippen LogP contribution in [-0.4, -0.2) is 26.9 Å². The maximum absolute atomic E-state index is 10.7. The summed E-state index contributed by atoms with van der Waals surface area (Å²) in [5.41, 5.74) is 0. The summed E-state index contributed by atoms with van der Waals surface area (Å²) in [5, 5.41) is 0. The van der Waals surface area contributed by atoms with Crippen LogP contribution in [0.4, 0.5) is 0 Å². The van der Waals surface area contributed by atoms with Gasteiger partial charge in [0.25, 0.3) is 0 Å². The fourth-order valence-corrected chi connectivity index (χ4v) is 2.63. The first kappa shape index (κ1) is 14.2. The topological polar surface area (TPSA) is 43.4 Å². The van der Waals surface area contributed by atoms with Gasteiger partial charge in [-0.15, -0.1) is 0 Å². The zero-order valence-electron chi connectivity index (χ0n) is 8.99. The second-order valence-electron chi connectivity index (χ2n) is 3.58. The van der Waals surface area contributed by atoms with Crippen LogP contribution in [0.15, 0.2) is 0 Å². The van der Waals surface area contributed by atoms with Gasteiger partial charge in [0, 0.05) is 10.7 Å². The Morgan fingerprint density at radius 3 is 2.14 bits per heavy atom. The van der Waals surface area contributed by atoms with Crippen molar-refractivity contribution in [2.24, 2.45) is 5.92 Å². The van der Waals surface area contributed by atoms with Gasteiger partial charge in [0.15, 0.2) is 0 Å². The average Bonchev–Trinajstić information content (AvgIpc) is 2.03. The highest BCUT2D eigenvalue weighted by atomic mass is 35.7. The van der Waals surface area contributed by atoms with Crippen molar-refractivity contribution < 1.29 is 13.2 Å². The minimum absolute atomic E-state index is 0.0191. The van der Waals surface area contributed by atoms with Crippen LogP contribution in [0.25, 0.3) is 0 Å². The molecule has 0 aromatic carbocycles. The maximum Gasteiger partial charge on any atom is 0.232 e. The number of rotatable bonds is 7. The minimum atomic E-state index is -3.39. The number of hydrogen-bond donors (Lipinski definition) is 0. The quantitative estimate of drug-likeness (QED) is 0.644. The van der Waals surface area contributed by atoms with Crippen molar-refractivity contribution in [3.8, 4) is 0 Å². The Bertz CT molecular complexity index is 234. The van der Waals surface area contributed by atoms with Crippen molar-refractivity contribution in [2.45, 2.75) is 39.7 Å². The highest BCUT2D eigenvalue weighted by molar-refractivity contribution is 8.13. The molecule has 0 amide bonds. The van der Waals surface area contributed by atoms with Crippen molar-refractivity contribution in [3.05, 3.63) is 0 Å². The lowest BCUT2D eigenvalue weighted by atomic mass is 10.2. The van der Waals surface area contributed by atoms with E-state index in [4.69, 9.17) is 15.4 Å². The van der Waals surface area contributed by atoms with Gasteiger partial charge >= 0.3 is 0 Å². The molecule has 0 radical (unpaired) electrons. The lowest BCUT2D eigenvalue weighted by molar-refractivity contribution is 0.0321. The summed E-state index contributed by atoms with van der Waals surface area (Å²) in [7, 11) is 1.74. The Hall–Kier alpha value is 0.200. The Morgan fingerprint density at radius 1 is 1.29 bits per heavy atom. The minimum Gasteiger partial charge on any atom is -0.378 e. The third kappa shape index (κ3) is 7.59. The predicted molar refractivity (Wildman–Crippen MR) is 59.1 cm³/mol. The van der Waals surface area contributed by atoms with E-state index in [2.05, 4.69) is 13.8 Å². The molecule has 0 heterocycles. The molecular weight excluding hydrogens is 224 g/mol. The monoisotopic (exact) mass is 242 g/mol. The first-order valence-corrected chi connectivity index (χ1v) is 7.40.